The smallest absolute Gasteiger partial charge is 0.233 e. The van der Waals surface area contributed by atoms with Gasteiger partial charge in [-0.2, -0.15) is 0 Å². The fourth-order valence-electron chi connectivity index (χ4n) is 1.92. The number of halogens is 2. The van der Waals surface area contributed by atoms with Gasteiger partial charge in [-0.3, -0.25) is 9.62 Å². The molecule has 0 amide bonds. The minimum atomic E-state index is -3.49. The fourth-order valence-corrected chi connectivity index (χ4v) is 3.46. The van der Waals surface area contributed by atoms with E-state index in [1.165, 1.54) is 12.1 Å². The first-order chi connectivity index (χ1) is 9.44. The third-order valence-electron chi connectivity index (χ3n) is 2.92. The van der Waals surface area contributed by atoms with Crippen LogP contribution in [-0.4, -0.2) is 51.9 Å². The van der Waals surface area contributed by atoms with E-state index >= 15 is 0 Å². The second-order valence-corrected chi connectivity index (χ2v) is 7.29. The number of rotatable bonds is 5. The predicted octanol–water partition coefficient (Wildman–Crippen LogP) is 1.66. The molecule has 0 aromatic heterocycles. The summed E-state index contributed by atoms with van der Waals surface area (Å²) in [6.45, 7) is 3.17. The molecule has 1 aliphatic rings. The average molecular weight is 367 g/mol. The molecule has 1 aliphatic heterocycles. The Morgan fingerprint density at radius 3 is 2.65 bits per heavy atom. The number of anilines is 1. The number of hydrogen-bond acceptors (Lipinski definition) is 4. The number of hydrogen-bond donors (Lipinski definition) is 1. The number of ether oxygens (including phenoxy) is 1. The summed E-state index contributed by atoms with van der Waals surface area (Å²) in [5, 5.41) is 0. The van der Waals surface area contributed by atoms with E-state index in [1.54, 1.807) is 0 Å². The molecule has 0 spiro atoms. The highest BCUT2D eigenvalue weighted by atomic mass is 79.9. The van der Waals surface area contributed by atoms with Gasteiger partial charge in [0.2, 0.25) is 10.0 Å². The van der Waals surface area contributed by atoms with Gasteiger partial charge in [-0.1, -0.05) is 15.9 Å². The molecular weight excluding hydrogens is 351 g/mol. The molecule has 0 saturated carbocycles. The number of benzene rings is 1. The van der Waals surface area contributed by atoms with Gasteiger partial charge in [0.15, 0.2) is 0 Å². The van der Waals surface area contributed by atoms with E-state index in [9.17, 15) is 12.8 Å². The predicted molar refractivity (Wildman–Crippen MR) is 78.8 cm³/mol. The first-order valence-electron chi connectivity index (χ1n) is 6.21. The lowest BCUT2D eigenvalue weighted by atomic mass is 10.3. The molecule has 1 N–H and O–H groups in total. The van der Waals surface area contributed by atoms with Crippen LogP contribution in [-0.2, 0) is 14.8 Å². The Kier molecular flexibility index (Phi) is 5.36. The molecule has 0 radical (unpaired) electrons. The second-order valence-electron chi connectivity index (χ2n) is 4.53. The van der Waals surface area contributed by atoms with E-state index in [0.717, 1.165) is 19.2 Å². The summed E-state index contributed by atoms with van der Waals surface area (Å²) in [6.07, 6.45) is 0. The van der Waals surface area contributed by atoms with Gasteiger partial charge in [-0.05, 0) is 18.2 Å². The zero-order valence-electron chi connectivity index (χ0n) is 10.8. The van der Waals surface area contributed by atoms with Crippen LogP contribution in [0.3, 0.4) is 0 Å². The summed E-state index contributed by atoms with van der Waals surface area (Å²) in [5.41, 5.74) is 0.221. The molecule has 8 heteroatoms. The Morgan fingerprint density at radius 1 is 1.30 bits per heavy atom. The van der Waals surface area contributed by atoms with Crippen LogP contribution in [0.5, 0.6) is 0 Å². The Bertz CT molecular complexity index is 542. The molecule has 1 aromatic rings. The number of nitrogens with zero attached hydrogens (tertiary/aromatic N) is 1. The fraction of sp³-hybridized carbons (Fsp3) is 0.500. The van der Waals surface area contributed by atoms with Gasteiger partial charge in [-0.15, -0.1) is 0 Å². The Balaban J connectivity index is 1.92. The highest BCUT2D eigenvalue weighted by Crippen LogP contribution is 2.19. The van der Waals surface area contributed by atoms with E-state index < -0.39 is 15.8 Å². The van der Waals surface area contributed by atoms with Gasteiger partial charge in [0.25, 0.3) is 0 Å². The molecule has 1 saturated heterocycles. The first kappa shape index (κ1) is 15.7. The largest absolute Gasteiger partial charge is 0.379 e. The van der Waals surface area contributed by atoms with Gasteiger partial charge >= 0.3 is 0 Å². The van der Waals surface area contributed by atoms with Crippen molar-refractivity contribution in [2.24, 2.45) is 0 Å². The van der Waals surface area contributed by atoms with Crippen LogP contribution in [0.1, 0.15) is 0 Å². The van der Waals surface area contributed by atoms with Gasteiger partial charge < -0.3 is 4.74 Å². The molecule has 1 heterocycles. The van der Waals surface area contributed by atoms with Crippen molar-refractivity contribution in [2.75, 3.05) is 43.3 Å². The van der Waals surface area contributed by atoms with Crippen LogP contribution >= 0.6 is 15.9 Å². The van der Waals surface area contributed by atoms with Crippen LogP contribution in [0.15, 0.2) is 22.7 Å². The Labute approximate surface area is 126 Å². The molecule has 0 atom stereocenters. The SMILES string of the molecule is O=S(=O)(CCN1CCOCC1)Nc1cc(F)cc(Br)c1. The molecule has 5 nitrogen and oxygen atoms in total. The average Bonchev–Trinajstić information content (AvgIpc) is 2.36. The maximum atomic E-state index is 13.2. The van der Waals surface area contributed by atoms with Crippen LogP contribution in [0.2, 0.25) is 0 Å². The maximum Gasteiger partial charge on any atom is 0.233 e. The standard InChI is InChI=1S/C12H16BrFN2O3S/c13-10-7-11(14)9-12(8-10)15-20(17,18)6-3-16-1-4-19-5-2-16/h7-9,15H,1-6H2. The van der Waals surface area contributed by atoms with Crippen molar-refractivity contribution in [1.82, 2.24) is 4.90 Å². The van der Waals surface area contributed by atoms with Crippen LogP contribution in [0.25, 0.3) is 0 Å². The number of nitrogens with one attached hydrogen (secondary N) is 1. The van der Waals surface area contributed by atoms with Crippen molar-refractivity contribution in [3.63, 3.8) is 0 Å². The normalized spacial score (nSPS) is 17.1. The molecule has 0 unspecified atom stereocenters. The van der Waals surface area contributed by atoms with E-state index in [4.69, 9.17) is 4.74 Å². The molecule has 0 aliphatic carbocycles. The van der Waals surface area contributed by atoms with Crippen molar-refractivity contribution in [2.45, 2.75) is 0 Å². The molecule has 2 rings (SSSR count). The van der Waals surface area contributed by atoms with Crippen molar-refractivity contribution in [1.29, 1.82) is 0 Å². The van der Waals surface area contributed by atoms with Crippen LogP contribution in [0.4, 0.5) is 10.1 Å². The molecule has 112 valence electrons. The quantitative estimate of drug-likeness (QED) is 0.860. The highest BCUT2D eigenvalue weighted by Gasteiger charge is 2.16. The minimum Gasteiger partial charge on any atom is -0.379 e. The highest BCUT2D eigenvalue weighted by molar-refractivity contribution is 9.10. The summed E-state index contributed by atoms with van der Waals surface area (Å²) in [4.78, 5) is 2.03. The van der Waals surface area contributed by atoms with E-state index in [1.807, 2.05) is 4.90 Å². The Hall–Kier alpha value is -0.700. The number of sulfonamides is 1. The van der Waals surface area contributed by atoms with Crippen LogP contribution in [0, 0.1) is 5.82 Å². The molecule has 1 fully saturated rings. The second kappa shape index (κ2) is 6.84. The molecule has 20 heavy (non-hydrogen) atoms. The summed E-state index contributed by atoms with van der Waals surface area (Å²) in [5.74, 6) is -0.522. The topological polar surface area (TPSA) is 58.6 Å². The van der Waals surface area contributed by atoms with Crippen molar-refractivity contribution in [3.8, 4) is 0 Å². The lowest BCUT2D eigenvalue weighted by molar-refractivity contribution is 0.0408. The van der Waals surface area contributed by atoms with Crippen molar-refractivity contribution < 1.29 is 17.5 Å². The molecular formula is C12H16BrFN2O3S. The van der Waals surface area contributed by atoms with Crippen molar-refractivity contribution >= 4 is 31.6 Å². The first-order valence-corrected chi connectivity index (χ1v) is 8.66. The van der Waals surface area contributed by atoms with Crippen molar-refractivity contribution in [3.05, 3.63) is 28.5 Å². The van der Waals surface area contributed by atoms with E-state index in [2.05, 4.69) is 20.7 Å². The van der Waals surface area contributed by atoms with E-state index in [-0.39, 0.29) is 11.4 Å². The summed E-state index contributed by atoms with van der Waals surface area (Å²) in [7, 11) is -3.49. The lowest BCUT2D eigenvalue weighted by Gasteiger charge is -2.26. The maximum absolute atomic E-state index is 13.2. The number of morpholine rings is 1. The lowest BCUT2D eigenvalue weighted by Crippen LogP contribution is -2.39. The zero-order chi connectivity index (χ0) is 14.6. The molecule has 0 bridgehead atoms. The molecule has 1 aromatic carbocycles. The minimum absolute atomic E-state index is 0.0267. The Morgan fingerprint density at radius 2 is 2.00 bits per heavy atom. The van der Waals surface area contributed by atoms with Crippen LogP contribution < -0.4 is 4.72 Å². The van der Waals surface area contributed by atoms with E-state index in [0.29, 0.717) is 24.2 Å². The van der Waals surface area contributed by atoms with Gasteiger partial charge in [0.1, 0.15) is 5.82 Å². The zero-order valence-corrected chi connectivity index (χ0v) is 13.2. The van der Waals surface area contributed by atoms with Gasteiger partial charge in [0, 0.05) is 24.1 Å². The third-order valence-corrected chi connectivity index (χ3v) is 4.64. The summed E-state index contributed by atoms with van der Waals surface area (Å²) in [6, 6.07) is 3.94. The monoisotopic (exact) mass is 366 g/mol. The summed E-state index contributed by atoms with van der Waals surface area (Å²) >= 11 is 3.13. The third kappa shape index (κ3) is 5.01. The van der Waals surface area contributed by atoms with Gasteiger partial charge in [0.05, 0.1) is 24.7 Å². The summed E-state index contributed by atoms with van der Waals surface area (Å²) < 4.78 is 45.2. The van der Waals surface area contributed by atoms with Gasteiger partial charge in [-0.25, -0.2) is 12.8 Å².